The number of fused-ring (bicyclic) bond motifs is 1. The molecule has 0 unspecified atom stereocenters. The molecule has 22 heavy (non-hydrogen) atoms. The van der Waals surface area contributed by atoms with Gasteiger partial charge >= 0.3 is 0 Å². The van der Waals surface area contributed by atoms with E-state index in [0.29, 0.717) is 6.04 Å². The second-order valence-corrected chi connectivity index (χ2v) is 6.12. The van der Waals surface area contributed by atoms with Crippen molar-refractivity contribution in [1.82, 2.24) is 15.0 Å². The van der Waals surface area contributed by atoms with Gasteiger partial charge in [-0.2, -0.15) is 0 Å². The fraction of sp³-hybridized carbons (Fsp3) is 0.647. The zero-order valence-corrected chi connectivity index (χ0v) is 13.4. The van der Waals surface area contributed by atoms with Gasteiger partial charge in [-0.15, -0.1) is 0 Å². The summed E-state index contributed by atoms with van der Waals surface area (Å²) in [6.45, 7) is 1.62. The van der Waals surface area contributed by atoms with E-state index in [1.54, 1.807) is 13.4 Å². The summed E-state index contributed by atoms with van der Waals surface area (Å²) in [5.41, 5.74) is 0.915. The molecule has 120 valence electrons. The Morgan fingerprint density at radius 3 is 2.73 bits per heavy atom. The van der Waals surface area contributed by atoms with Crippen molar-refractivity contribution in [1.29, 1.82) is 0 Å². The Morgan fingerprint density at radius 1 is 1.18 bits per heavy atom. The van der Waals surface area contributed by atoms with Gasteiger partial charge in [0.05, 0.1) is 12.0 Å². The molecule has 2 aromatic rings. The van der Waals surface area contributed by atoms with E-state index in [2.05, 4.69) is 25.9 Å². The lowest BCUT2D eigenvalue weighted by Crippen LogP contribution is -2.39. The maximum Gasteiger partial charge on any atom is 0.142 e. The Kier molecular flexibility index (Phi) is 5.27. The number of aromatic amines is 1. The van der Waals surface area contributed by atoms with Crippen molar-refractivity contribution >= 4 is 16.9 Å². The van der Waals surface area contributed by atoms with Crippen molar-refractivity contribution in [2.75, 3.05) is 25.2 Å². The summed E-state index contributed by atoms with van der Waals surface area (Å²) in [6, 6.07) is 2.64. The summed E-state index contributed by atoms with van der Waals surface area (Å²) in [5.74, 6) is 1.05. The van der Waals surface area contributed by atoms with Crippen LogP contribution >= 0.6 is 0 Å². The molecule has 1 saturated carbocycles. The number of H-pyrrole nitrogens is 1. The van der Waals surface area contributed by atoms with E-state index in [-0.39, 0.29) is 0 Å². The molecule has 5 nitrogen and oxygen atoms in total. The van der Waals surface area contributed by atoms with Gasteiger partial charge in [-0.3, -0.25) is 0 Å². The van der Waals surface area contributed by atoms with E-state index in [1.807, 2.05) is 6.20 Å². The maximum atomic E-state index is 5.34. The highest BCUT2D eigenvalue weighted by Gasteiger charge is 2.22. The van der Waals surface area contributed by atoms with Crippen molar-refractivity contribution in [3.05, 3.63) is 18.6 Å². The topological polar surface area (TPSA) is 54.0 Å². The number of rotatable bonds is 5. The molecule has 0 radical (unpaired) electrons. The third kappa shape index (κ3) is 3.40. The van der Waals surface area contributed by atoms with Crippen LogP contribution in [0, 0.1) is 0 Å². The molecule has 0 amide bonds. The molecule has 1 fully saturated rings. The van der Waals surface area contributed by atoms with Crippen molar-refractivity contribution in [2.45, 2.75) is 51.0 Å². The summed E-state index contributed by atoms with van der Waals surface area (Å²) in [4.78, 5) is 14.6. The molecular formula is C17H26N4O. The maximum absolute atomic E-state index is 5.34. The third-order valence-electron chi connectivity index (χ3n) is 4.66. The van der Waals surface area contributed by atoms with Crippen LogP contribution in [0.4, 0.5) is 5.82 Å². The zero-order valence-electron chi connectivity index (χ0n) is 13.4. The quantitative estimate of drug-likeness (QED) is 0.918. The summed E-state index contributed by atoms with van der Waals surface area (Å²) >= 11 is 0. The van der Waals surface area contributed by atoms with E-state index in [1.165, 1.54) is 44.9 Å². The SMILES string of the molecule is COCCN(c1ncnc2[nH]ccc12)C1CCCCCCC1. The molecule has 1 aliphatic rings. The molecule has 0 aromatic carbocycles. The van der Waals surface area contributed by atoms with Crippen LogP contribution in [-0.2, 0) is 4.74 Å². The minimum absolute atomic E-state index is 0.559. The van der Waals surface area contributed by atoms with Crippen LogP contribution in [-0.4, -0.2) is 41.3 Å². The minimum Gasteiger partial charge on any atom is -0.383 e. The van der Waals surface area contributed by atoms with Gasteiger partial charge in [-0.1, -0.05) is 32.1 Å². The summed E-state index contributed by atoms with van der Waals surface area (Å²) < 4.78 is 5.34. The number of aromatic nitrogens is 3. The largest absolute Gasteiger partial charge is 0.383 e. The first-order valence-corrected chi connectivity index (χ1v) is 8.44. The molecule has 1 aliphatic carbocycles. The molecule has 2 aromatic heterocycles. The second-order valence-electron chi connectivity index (χ2n) is 6.12. The Bertz CT molecular complexity index is 575. The Balaban J connectivity index is 1.89. The lowest BCUT2D eigenvalue weighted by molar-refractivity contribution is 0.201. The number of nitrogens with zero attached hydrogens (tertiary/aromatic N) is 3. The molecule has 2 heterocycles. The number of hydrogen-bond donors (Lipinski definition) is 1. The second kappa shape index (κ2) is 7.58. The minimum atomic E-state index is 0.559. The summed E-state index contributed by atoms with van der Waals surface area (Å²) in [5, 5.41) is 1.11. The van der Waals surface area contributed by atoms with Gasteiger partial charge in [0, 0.05) is 25.9 Å². The molecule has 0 atom stereocenters. The number of anilines is 1. The predicted molar refractivity (Wildman–Crippen MR) is 89.2 cm³/mol. The first-order valence-electron chi connectivity index (χ1n) is 8.44. The monoisotopic (exact) mass is 302 g/mol. The third-order valence-corrected chi connectivity index (χ3v) is 4.66. The summed E-state index contributed by atoms with van der Waals surface area (Å²) in [7, 11) is 1.77. The highest BCUT2D eigenvalue weighted by molar-refractivity contribution is 5.87. The van der Waals surface area contributed by atoms with Gasteiger partial charge < -0.3 is 14.6 Å². The van der Waals surface area contributed by atoms with Crippen LogP contribution in [0.25, 0.3) is 11.0 Å². The van der Waals surface area contributed by atoms with E-state index >= 15 is 0 Å². The predicted octanol–water partition coefficient (Wildman–Crippen LogP) is 3.52. The first-order chi connectivity index (χ1) is 10.9. The fourth-order valence-electron chi connectivity index (χ4n) is 3.48. The van der Waals surface area contributed by atoms with Crippen molar-refractivity contribution in [3.63, 3.8) is 0 Å². The number of ether oxygens (including phenoxy) is 1. The highest BCUT2D eigenvalue weighted by Crippen LogP contribution is 2.29. The molecular weight excluding hydrogens is 276 g/mol. The van der Waals surface area contributed by atoms with Gasteiger partial charge in [0.2, 0.25) is 0 Å². The van der Waals surface area contributed by atoms with Crippen molar-refractivity contribution in [3.8, 4) is 0 Å². The van der Waals surface area contributed by atoms with Gasteiger partial charge in [0.25, 0.3) is 0 Å². The molecule has 3 rings (SSSR count). The molecule has 0 aliphatic heterocycles. The standard InChI is InChI=1S/C17H26N4O/c1-22-12-11-21(14-7-5-3-2-4-6-8-14)17-15-9-10-18-16(15)19-13-20-17/h9-10,13-14H,2-8,11-12H2,1H3,(H,18,19,20). The van der Waals surface area contributed by atoms with Crippen LogP contribution in [0.3, 0.4) is 0 Å². The van der Waals surface area contributed by atoms with Crippen molar-refractivity contribution in [2.24, 2.45) is 0 Å². The highest BCUT2D eigenvalue weighted by atomic mass is 16.5. The van der Waals surface area contributed by atoms with Gasteiger partial charge in [-0.05, 0) is 18.9 Å². The smallest absolute Gasteiger partial charge is 0.142 e. The Labute approximate surface area is 132 Å². The van der Waals surface area contributed by atoms with Crippen LogP contribution in [0.1, 0.15) is 44.9 Å². The molecule has 0 bridgehead atoms. The lowest BCUT2D eigenvalue weighted by atomic mass is 9.95. The van der Waals surface area contributed by atoms with E-state index < -0.39 is 0 Å². The van der Waals surface area contributed by atoms with Crippen LogP contribution in [0.15, 0.2) is 18.6 Å². The van der Waals surface area contributed by atoms with Gasteiger partial charge in [0.15, 0.2) is 0 Å². The van der Waals surface area contributed by atoms with Gasteiger partial charge in [-0.25, -0.2) is 9.97 Å². The van der Waals surface area contributed by atoms with Gasteiger partial charge in [0.1, 0.15) is 17.8 Å². The molecule has 1 N–H and O–H groups in total. The van der Waals surface area contributed by atoms with Crippen LogP contribution in [0.2, 0.25) is 0 Å². The molecule has 5 heteroatoms. The molecule has 0 spiro atoms. The number of nitrogens with one attached hydrogen (secondary N) is 1. The van der Waals surface area contributed by atoms with E-state index in [0.717, 1.165) is 30.0 Å². The Hall–Kier alpha value is -1.62. The van der Waals surface area contributed by atoms with E-state index in [9.17, 15) is 0 Å². The lowest BCUT2D eigenvalue weighted by Gasteiger charge is -2.34. The zero-order chi connectivity index (χ0) is 15.2. The fourth-order valence-corrected chi connectivity index (χ4v) is 3.48. The normalized spacial score (nSPS) is 17.3. The van der Waals surface area contributed by atoms with Crippen LogP contribution < -0.4 is 4.90 Å². The average molecular weight is 302 g/mol. The first kappa shape index (κ1) is 15.3. The Morgan fingerprint density at radius 2 is 1.95 bits per heavy atom. The number of methoxy groups -OCH3 is 1. The molecule has 0 saturated heterocycles. The van der Waals surface area contributed by atoms with E-state index in [4.69, 9.17) is 4.74 Å². The number of hydrogen-bond acceptors (Lipinski definition) is 4. The van der Waals surface area contributed by atoms with Crippen LogP contribution in [0.5, 0.6) is 0 Å². The van der Waals surface area contributed by atoms with Crippen molar-refractivity contribution < 1.29 is 4.74 Å². The summed E-state index contributed by atoms with van der Waals surface area (Å²) in [6.07, 6.45) is 12.8. The average Bonchev–Trinajstić information content (AvgIpc) is 2.98.